The topological polar surface area (TPSA) is 78.9 Å². The fourth-order valence-corrected chi connectivity index (χ4v) is 10.1. The highest BCUT2D eigenvalue weighted by Crippen LogP contribution is 2.18. The summed E-state index contributed by atoms with van der Waals surface area (Å²) >= 11 is 0. The molecule has 426 valence electrons. The molecule has 1 atom stereocenters. The fraction of sp³-hybridized carbons (Fsp3) is 0.924. The predicted molar refractivity (Wildman–Crippen MR) is 312 cm³/mol. The lowest BCUT2D eigenvalue weighted by atomic mass is 10.0. The number of hydrogen-bond acceptors (Lipinski definition) is 6. The van der Waals surface area contributed by atoms with E-state index in [1.165, 1.54) is 270 Å². The van der Waals surface area contributed by atoms with Gasteiger partial charge in [-0.3, -0.25) is 14.4 Å². The van der Waals surface area contributed by atoms with Crippen molar-refractivity contribution in [2.75, 3.05) is 13.2 Å². The van der Waals surface area contributed by atoms with Crippen molar-refractivity contribution in [3.63, 3.8) is 0 Å². The Bertz CT molecular complexity index is 1120. The van der Waals surface area contributed by atoms with Gasteiger partial charge in [-0.05, 0) is 44.9 Å². The first-order valence-corrected chi connectivity index (χ1v) is 32.7. The zero-order valence-electron chi connectivity index (χ0n) is 49.0. The average Bonchev–Trinajstić information content (AvgIpc) is 3.38. The van der Waals surface area contributed by atoms with Gasteiger partial charge in [0.15, 0.2) is 6.10 Å². The molecule has 0 aromatic rings. The van der Waals surface area contributed by atoms with Crippen molar-refractivity contribution in [1.29, 1.82) is 0 Å². The molecule has 0 saturated carbocycles. The highest BCUT2D eigenvalue weighted by molar-refractivity contribution is 5.71. The Morgan fingerprint density at radius 1 is 0.264 bits per heavy atom. The van der Waals surface area contributed by atoms with Gasteiger partial charge in [0, 0.05) is 19.3 Å². The molecule has 0 spiro atoms. The largest absolute Gasteiger partial charge is 0.462 e. The summed E-state index contributed by atoms with van der Waals surface area (Å²) in [6.45, 7) is 6.71. The van der Waals surface area contributed by atoms with E-state index in [0.29, 0.717) is 19.3 Å². The number of esters is 3. The van der Waals surface area contributed by atoms with E-state index >= 15 is 0 Å². The summed E-state index contributed by atoms with van der Waals surface area (Å²) in [5.41, 5.74) is 0. The Kier molecular flexibility index (Phi) is 60.1. The molecule has 6 heteroatoms. The maximum atomic E-state index is 12.9. The van der Waals surface area contributed by atoms with Gasteiger partial charge in [-0.2, -0.15) is 0 Å². The van der Waals surface area contributed by atoms with Crippen LogP contribution in [0, 0.1) is 0 Å². The van der Waals surface area contributed by atoms with Gasteiger partial charge in [0.2, 0.25) is 0 Å². The van der Waals surface area contributed by atoms with Crippen LogP contribution in [0.3, 0.4) is 0 Å². The zero-order valence-corrected chi connectivity index (χ0v) is 49.0. The van der Waals surface area contributed by atoms with Crippen LogP contribution < -0.4 is 0 Å². The molecule has 0 aromatic heterocycles. The summed E-state index contributed by atoms with van der Waals surface area (Å²) in [6.07, 6.45) is 72.2. The SMILES string of the molecule is CCCCCCCC/C=C\CCCCCCCC(=O)OCC(COC(=O)CCCCCCCCCCCCCCCCCCCCCCC)OC(=O)CCCCCCCCCCCCCCCCCCCC. The van der Waals surface area contributed by atoms with Crippen LogP contribution >= 0.6 is 0 Å². The molecule has 0 N–H and O–H groups in total. The maximum absolute atomic E-state index is 12.9. The van der Waals surface area contributed by atoms with Crippen molar-refractivity contribution in [2.45, 2.75) is 380 Å². The molecule has 0 aliphatic carbocycles. The maximum Gasteiger partial charge on any atom is 0.306 e. The first kappa shape index (κ1) is 70.1. The van der Waals surface area contributed by atoms with E-state index in [2.05, 4.69) is 32.9 Å². The Hall–Kier alpha value is -1.85. The van der Waals surface area contributed by atoms with Crippen LogP contribution in [0.15, 0.2) is 12.2 Å². The van der Waals surface area contributed by atoms with E-state index in [0.717, 1.165) is 64.2 Å². The number of rotatable bonds is 61. The van der Waals surface area contributed by atoms with Crippen LogP contribution in [0.2, 0.25) is 0 Å². The molecule has 0 bridgehead atoms. The third-order valence-corrected chi connectivity index (χ3v) is 15.0. The predicted octanol–water partition coefficient (Wildman–Crippen LogP) is 22.1. The summed E-state index contributed by atoms with van der Waals surface area (Å²) in [5, 5.41) is 0. The van der Waals surface area contributed by atoms with Crippen molar-refractivity contribution >= 4 is 17.9 Å². The number of ether oxygens (including phenoxy) is 3. The van der Waals surface area contributed by atoms with Crippen LogP contribution in [-0.2, 0) is 28.6 Å². The van der Waals surface area contributed by atoms with Gasteiger partial charge in [0.05, 0.1) is 0 Å². The van der Waals surface area contributed by atoms with E-state index < -0.39 is 6.10 Å². The summed E-state index contributed by atoms with van der Waals surface area (Å²) in [7, 11) is 0. The second kappa shape index (κ2) is 61.7. The molecule has 0 aliphatic heterocycles. The molecule has 0 heterocycles. The molecule has 0 rings (SSSR count). The van der Waals surface area contributed by atoms with Gasteiger partial charge >= 0.3 is 17.9 Å². The molecule has 0 saturated heterocycles. The van der Waals surface area contributed by atoms with E-state index in [9.17, 15) is 14.4 Å². The Balaban J connectivity index is 4.28. The molecule has 6 nitrogen and oxygen atoms in total. The van der Waals surface area contributed by atoms with Gasteiger partial charge < -0.3 is 14.2 Å². The third kappa shape index (κ3) is 59.0. The van der Waals surface area contributed by atoms with E-state index in [1.807, 2.05) is 0 Å². The fourth-order valence-electron chi connectivity index (χ4n) is 10.1. The summed E-state index contributed by atoms with van der Waals surface area (Å²) in [6, 6.07) is 0. The van der Waals surface area contributed by atoms with E-state index in [1.54, 1.807) is 0 Å². The van der Waals surface area contributed by atoms with Crippen molar-refractivity contribution in [2.24, 2.45) is 0 Å². The molecule has 1 unspecified atom stereocenters. The van der Waals surface area contributed by atoms with Crippen LogP contribution in [0.25, 0.3) is 0 Å². The molecule has 0 amide bonds. The molecular formula is C66H126O6. The van der Waals surface area contributed by atoms with Crippen LogP contribution in [0.1, 0.15) is 374 Å². The van der Waals surface area contributed by atoms with Gasteiger partial charge in [-0.15, -0.1) is 0 Å². The Morgan fingerprint density at radius 3 is 0.694 bits per heavy atom. The monoisotopic (exact) mass is 1010 g/mol. The number of hydrogen-bond donors (Lipinski definition) is 0. The number of carbonyl (C=O) groups is 3. The number of carbonyl (C=O) groups excluding carboxylic acids is 3. The summed E-state index contributed by atoms with van der Waals surface area (Å²) in [5.74, 6) is -0.842. The molecule has 72 heavy (non-hydrogen) atoms. The smallest absolute Gasteiger partial charge is 0.306 e. The molecule has 0 fully saturated rings. The lowest BCUT2D eigenvalue weighted by molar-refractivity contribution is -0.167. The van der Waals surface area contributed by atoms with Gasteiger partial charge in [0.25, 0.3) is 0 Å². The normalized spacial score (nSPS) is 12.0. The standard InChI is InChI=1S/C66H126O6/c1-4-7-10-13-16-19-22-25-28-30-32-33-34-36-38-41-44-47-50-53-56-59-65(68)71-62-63(61-70-64(67)58-55-52-49-46-43-40-37-27-24-21-18-15-12-9-6-3)72-66(69)60-57-54-51-48-45-42-39-35-31-29-26-23-20-17-14-11-8-5-2/h27,37,63H,4-26,28-36,38-62H2,1-3H3/b37-27-. The highest BCUT2D eigenvalue weighted by Gasteiger charge is 2.19. The summed E-state index contributed by atoms with van der Waals surface area (Å²) < 4.78 is 17.0. The van der Waals surface area contributed by atoms with Crippen molar-refractivity contribution in [3.8, 4) is 0 Å². The Labute approximate surface area is 450 Å². The molecular weight excluding hydrogens is 889 g/mol. The average molecular weight is 1020 g/mol. The highest BCUT2D eigenvalue weighted by atomic mass is 16.6. The lowest BCUT2D eigenvalue weighted by Gasteiger charge is -2.18. The lowest BCUT2D eigenvalue weighted by Crippen LogP contribution is -2.30. The number of allylic oxidation sites excluding steroid dienone is 2. The van der Waals surface area contributed by atoms with E-state index in [4.69, 9.17) is 14.2 Å². The van der Waals surface area contributed by atoms with Gasteiger partial charge in [-0.25, -0.2) is 0 Å². The van der Waals surface area contributed by atoms with Crippen molar-refractivity contribution < 1.29 is 28.6 Å². The molecule has 0 radical (unpaired) electrons. The van der Waals surface area contributed by atoms with Crippen LogP contribution in [-0.4, -0.2) is 37.2 Å². The van der Waals surface area contributed by atoms with Gasteiger partial charge in [-0.1, -0.05) is 322 Å². The van der Waals surface area contributed by atoms with Crippen molar-refractivity contribution in [1.82, 2.24) is 0 Å². The number of unbranched alkanes of at least 4 members (excludes halogenated alkanes) is 48. The van der Waals surface area contributed by atoms with Crippen molar-refractivity contribution in [3.05, 3.63) is 12.2 Å². The van der Waals surface area contributed by atoms with Crippen LogP contribution in [0.5, 0.6) is 0 Å². The molecule has 0 aromatic carbocycles. The second-order valence-corrected chi connectivity index (χ2v) is 22.4. The minimum absolute atomic E-state index is 0.0658. The minimum Gasteiger partial charge on any atom is -0.462 e. The first-order valence-electron chi connectivity index (χ1n) is 32.7. The first-order chi connectivity index (χ1) is 35.5. The second-order valence-electron chi connectivity index (χ2n) is 22.4. The van der Waals surface area contributed by atoms with Crippen LogP contribution in [0.4, 0.5) is 0 Å². The van der Waals surface area contributed by atoms with Gasteiger partial charge in [0.1, 0.15) is 13.2 Å². The third-order valence-electron chi connectivity index (χ3n) is 15.0. The van der Waals surface area contributed by atoms with E-state index in [-0.39, 0.29) is 31.1 Å². The quantitative estimate of drug-likeness (QED) is 0.0261. The molecule has 0 aliphatic rings. The summed E-state index contributed by atoms with van der Waals surface area (Å²) in [4.78, 5) is 38.3. The minimum atomic E-state index is -0.769. The zero-order chi connectivity index (χ0) is 52.2. The Morgan fingerprint density at radius 2 is 0.458 bits per heavy atom.